The van der Waals surface area contributed by atoms with Gasteiger partial charge in [0.15, 0.2) is 12.4 Å². The summed E-state index contributed by atoms with van der Waals surface area (Å²) in [6.45, 7) is 3.18. The summed E-state index contributed by atoms with van der Waals surface area (Å²) in [4.78, 5) is 0. The van der Waals surface area contributed by atoms with Crippen LogP contribution < -0.4 is 34.1 Å². The van der Waals surface area contributed by atoms with E-state index in [4.69, 9.17) is 17.5 Å². The van der Waals surface area contributed by atoms with Gasteiger partial charge in [0, 0.05) is 22.5 Å². The zero-order chi connectivity index (χ0) is 10.3. The van der Waals surface area contributed by atoms with E-state index in [0.29, 0.717) is 0 Å². The van der Waals surface area contributed by atoms with E-state index in [1.807, 2.05) is 18.2 Å². The maximum absolute atomic E-state index is 8.52. The molecule has 1 aromatic heterocycles. The van der Waals surface area contributed by atoms with Crippen LogP contribution in [0.4, 0.5) is 0 Å². The second kappa shape index (κ2) is 8.34. The Balaban J connectivity index is 0. The molecule has 5 nitrogen and oxygen atoms in total. The first-order chi connectivity index (χ1) is 5.93. The predicted octanol–water partition coefficient (Wildman–Crippen LogP) is -3.34. The third-order valence-electron chi connectivity index (χ3n) is 1.14. The summed E-state index contributed by atoms with van der Waals surface area (Å²) >= 11 is 0. The van der Waals surface area contributed by atoms with E-state index in [1.54, 1.807) is 0 Å². The van der Waals surface area contributed by atoms with E-state index < -0.39 is 10.4 Å². The molecule has 0 unspecified atom stereocenters. The number of aromatic nitrogens is 1. The molecular weight excluding hydrogens is 217 g/mol. The molecule has 1 heterocycles. The topological polar surface area (TPSA) is 84.1 Å². The van der Waals surface area contributed by atoms with E-state index in [9.17, 15) is 0 Å². The molecule has 0 aliphatic heterocycles. The maximum Gasteiger partial charge on any atom is 1.00 e. The number of pyridine rings is 1. The van der Waals surface area contributed by atoms with Crippen LogP contribution in [0.1, 0.15) is 6.92 Å². The van der Waals surface area contributed by atoms with Crippen molar-refractivity contribution in [1.29, 1.82) is 0 Å². The fraction of sp³-hybridized carbons (Fsp3) is 0.286. The van der Waals surface area contributed by atoms with E-state index in [0.717, 1.165) is 6.54 Å². The Morgan fingerprint density at radius 2 is 1.50 bits per heavy atom. The van der Waals surface area contributed by atoms with Crippen LogP contribution in [0.2, 0.25) is 0 Å². The van der Waals surface area contributed by atoms with Crippen LogP contribution in [0, 0.1) is 0 Å². The van der Waals surface area contributed by atoms with Crippen molar-refractivity contribution in [2.75, 3.05) is 0 Å². The van der Waals surface area contributed by atoms with Crippen LogP contribution >= 0.6 is 0 Å². The van der Waals surface area contributed by atoms with Crippen LogP contribution in [0.3, 0.4) is 0 Å². The molecule has 14 heavy (non-hydrogen) atoms. The van der Waals surface area contributed by atoms with Gasteiger partial charge in [0.05, 0.1) is 0 Å². The minimum atomic E-state index is -5.17. The van der Waals surface area contributed by atoms with Crippen molar-refractivity contribution in [3.63, 3.8) is 0 Å². The zero-order valence-electron chi connectivity index (χ0n) is 8.08. The van der Waals surface area contributed by atoms with Crippen molar-refractivity contribution in [3.05, 3.63) is 30.6 Å². The second-order valence-electron chi connectivity index (χ2n) is 2.11. The van der Waals surface area contributed by atoms with Crippen molar-refractivity contribution in [2.45, 2.75) is 13.5 Å². The Hall–Kier alpha value is 0.0200. The van der Waals surface area contributed by atoms with Gasteiger partial charge in [-0.05, 0) is 6.92 Å². The van der Waals surface area contributed by atoms with Gasteiger partial charge >= 0.3 is 29.6 Å². The molecule has 0 amide bonds. The number of hydrogen-bond acceptors (Lipinski definition) is 4. The molecule has 0 saturated heterocycles. The molecule has 1 aromatic rings. The van der Waals surface area contributed by atoms with Gasteiger partial charge in [0.25, 0.3) is 0 Å². The monoisotopic (exact) mass is 227 g/mol. The van der Waals surface area contributed by atoms with E-state index in [2.05, 4.69) is 23.9 Å². The summed E-state index contributed by atoms with van der Waals surface area (Å²) < 4.78 is 36.2. The van der Waals surface area contributed by atoms with E-state index >= 15 is 0 Å². The van der Waals surface area contributed by atoms with Gasteiger partial charge in [-0.1, -0.05) is 6.07 Å². The summed E-state index contributed by atoms with van der Waals surface area (Å²) in [7, 11) is -5.17. The number of nitrogens with zero attached hydrogens (tertiary/aromatic N) is 1. The van der Waals surface area contributed by atoms with Gasteiger partial charge < -0.3 is 9.11 Å². The SMILES string of the molecule is CC[n+]1ccccc1.O=S(=O)([O-])[O-].[Na+]. The quantitative estimate of drug-likeness (QED) is 0.217. The Morgan fingerprint density at radius 3 is 1.71 bits per heavy atom. The Kier molecular flexibility index (Phi) is 9.80. The van der Waals surface area contributed by atoms with Crippen LogP contribution in [0.15, 0.2) is 30.6 Å². The van der Waals surface area contributed by atoms with Crippen molar-refractivity contribution >= 4 is 10.4 Å². The number of aryl methyl sites for hydroxylation is 1. The molecule has 0 saturated carbocycles. The normalized spacial score (nSPS) is 9.36. The molecule has 0 radical (unpaired) electrons. The smallest absolute Gasteiger partial charge is 0.759 e. The van der Waals surface area contributed by atoms with Gasteiger partial charge in [0.2, 0.25) is 0 Å². The van der Waals surface area contributed by atoms with Gasteiger partial charge in [0.1, 0.15) is 6.54 Å². The minimum Gasteiger partial charge on any atom is -0.759 e. The first-order valence-electron chi connectivity index (χ1n) is 3.54. The van der Waals surface area contributed by atoms with Gasteiger partial charge in [-0.3, -0.25) is 8.42 Å². The van der Waals surface area contributed by atoms with Crippen LogP contribution in [-0.4, -0.2) is 17.5 Å². The molecular formula is C7H10NNaO4S. The van der Waals surface area contributed by atoms with Gasteiger partial charge in [-0.25, -0.2) is 4.57 Å². The van der Waals surface area contributed by atoms with E-state index in [-0.39, 0.29) is 29.6 Å². The third kappa shape index (κ3) is 14.5. The Bertz CT molecular complexity index is 319. The molecule has 74 valence electrons. The van der Waals surface area contributed by atoms with Crippen molar-refractivity contribution in [3.8, 4) is 0 Å². The third-order valence-corrected chi connectivity index (χ3v) is 1.14. The fourth-order valence-corrected chi connectivity index (χ4v) is 0.645. The molecule has 7 heteroatoms. The maximum atomic E-state index is 8.52. The summed E-state index contributed by atoms with van der Waals surface area (Å²) in [5.74, 6) is 0. The molecule has 0 aliphatic rings. The number of hydrogen-bond donors (Lipinski definition) is 0. The van der Waals surface area contributed by atoms with Crippen LogP contribution in [0.25, 0.3) is 0 Å². The molecule has 0 spiro atoms. The molecule has 1 rings (SSSR count). The largest absolute Gasteiger partial charge is 1.00 e. The number of rotatable bonds is 1. The van der Waals surface area contributed by atoms with Gasteiger partial charge in [-0.2, -0.15) is 0 Å². The average molecular weight is 227 g/mol. The van der Waals surface area contributed by atoms with Crippen LogP contribution in [-0.2, 0) is 16.9 Å². The standard InChI is InChI=1S/C7H10N.Na.H2O4S/c1-2-8-6-4-3-5-7-8;;1-5(2,3)4/h3-7H,2H2,1H3;;(H2,1,2,3,4)/q2*+1;/p-2. The summed E-state index contributed by atoms with van der Waals surface area (Å²) in [5.41, 5.74) is 0. The Labute approximate surface area is 106 Å². The molecule has 0 N–H and O–H groups in total. The Morgan fingerprint density at radius 1 is 1.14 bits per heavy atom. The second-order valence-corrected chi connectivity index (χ2v) is 2.93. The summed E-state index contributed by atoms with van der Waals surface area (Å²) in [6.07, 6.45) is 4.11. The van der Waals surface area contributed by atoms with Crippen molar-refractivity contribution in [1.82, 2.24) is 0 Å². The molecule has 0 aromatic carbocycles. The minimum absolute atomic E-state index is 0. The fourth-order valence-electron chi connectivity index (χ4n) is 0.645. The van der Waals surface area contributed by atoms with Crippen molar-refractivity contribution in [2.24, 2.45) is 0 Å². The van der Waals surface area contributed by atoms with Crippen LogP contribution in [0.5, 0.6) is 0 Å². The molecule has 0 aliphatic carbocycles. The first-order valence-corrected chi connectivity index (χ1v) is 4.87. The molecule has 0 bridgehead atoms. The predicted molar refractivity (Wildman–Crippen MR) is 42.8 cm³/mol. The van der Waals surface area contributed by atoms with Crippen molar-refractivity contribution < 1.29 is 51.6 Å². The van der Waals surface area contributed by atoms with E-state index in [1.165, 1.54) is 0 Å². The first kappa shape index (κ1) is 16.4. The summed E-state index contributed by atoms with van der Waals surface area (Å²) in [5, 5.41) is 0. The zero-order valence-corrected chi connectivity index (χ0v) is 10.9. The molecule has 0 atom stereocenters. The average Bonchev–Trinajstić information content (AvgIpc) is 2.03. The summed E-state index contributed by atoms with van der Waals surface area (Å²) in [6, 6.07) is 6.08. The molecule has 0 fully saturated rings. The van der Waals surface area contributed by atoms with Gasteiger partial charge in [-0.15, -0.1) is 0 Å².